The van der Waals surface area contributed by atoms with Crippen molar-refractivity contribution in [3.63, 3.8) is 0 Å². The molecule has 0 rings (SSSR count). The lowest BCUT2D eigenvalue weighted by Crippen LogP contribution is -2.42. The molecule has 0 aromatic carbocycles. The lowest BCUT2D eigenvalue weighted by atomic mass is 9.85. The van der Waals surface area contributed by atoms with Crippen LogP contribution in [0.3, 0.4) is 0 Å². The third kappa shape index (κ3) is 6.33. The fraction of sp³-hybridized carbons (Fsp3) is 0.833. The van der Waals surface area contributed by atoms with Crippen molar-refractivity contribution in [2.45, 2.75) is 39.4 Å². The highest BCUT2D eigenvalue weighted by atomic mass is 32.2. The van der Waals surface area contributed by atoms with Gasteiger partial charge in [0.05, 0.1) is 13.0 Å². The van der Waals surface area contributed by atoms with Gasteiger partial charge in [0, 0.05) is 6.54 Å². The number of ether oxygens (including phenoxy) is 1. The smallest absolute Gasteiger partial charge is 0.325 e. The predicted octanol–water partition coefficient (Wildman–Crippen LogP) is 0.604. The normalized spacial score (nSPS) is 15.4. The van der Waals surface area contributed by atoms with Gasteiger partial charge in [0.15, 0.2) is 5.25 Å². The zero-order valence-corrected chi connectivity index (χ0v) is 13.3. The lowest BCUT2D eigenvalue weighted by molar-refractivity contribution is -0.142. The number of methoxy groups -OCH3 is 1. The van der Waals surface area contributed by atoms with Crippen LogP contribution >= 0.6 is 0 Å². The summed E-state index contributed by atoms with van der Waals surface area (Å²) >= 11 is 0. The van der Waals surface area contributed by atoms with Crippen molar-refractivity contribution in [3.05, 3.63) is 0 Å². The first-order valence-electron chi connectivity index (χ1n) is 6.20. The summed E-state index contributed by atoms with van der Waals surface area (Å²) in [6.07, 6.45) is 0.317. The summed E-state index contributed by atoms with van der Waals surface area (Å²) in [5.74, 6) is -2.82. The van der Waals surface area contributed by atoms with Gasteiger partial charge in [0.1, 0.15) is 0 Å². The number of aliphatic carboxylic acids is 1. The van der Waals surface area contributed by atoms with Crippen LogP contribution in [-0.4, -0.2) is 44.4 Å². The number of sulfonamides is 1. The molecule has 0 amide bonds. The van der Waals surface area contributed by atoms with E-state index in [0.717, 1.165) is 7.11 Å². The first-order valence-corrected chi connectivity index (χ1v) is 7.74. The fourth-order valence-electron chi connectivity index (χ4n) is 1.62. The molecule has 20 heavy (non-hydrogen) atoms. The molecule has 0 saturated carbocycles. The minimum Gasteiger partial charge on any atom is -0.481 e. The molecule has 8 heteroatoms. The predicted molar refractivity (Wildman–Crippen MR) is 73.6 cm³/mol. The van der Waals surface area contributed by atoms with Gasteiger partial charge < -0.3 is 9.84 Å². The van der Waals surface area contributed by atoms with Crippen molar-refractivity contribution in [2.24, 2.45) is 11.3 Å². The number of esters is 1. The van der Waals surface area contributed by atoms with Crippen LogP contribution in [0.25, 0.3) is 0 Å². The zero-order chi connectivity index (χ0) is 16.1. The molecule has 0 aromatic rings. The molecule has 118 valence electrons. The molecule has 0 spiro atoms. The van der Waals surface area contributed by atoms with E-state index in [4.69, 9.17) is 5.11 Å². The van der Waals surface area contributed by atoms with E-state index in [2.05, 4.69) is 9.46 Å². The average molecular weight is 309 g/mol. The van der Waals surface area contributed by atoms with Crippen molar-refractivity contribution < 1.29 is 27.9 Å². The molecular formula is C12H23NO6S. The summed E-state index contributed by atoms with van der Waals surface area (Å²) in [7, 11) is -2.85. The Hall–Kier alpha value is -1.15. The number of hydrogen-bond acceptors (Lipinski definition) is 5. The third-order valence-corrected chi connectivity index (χ3v) is 4.43. The van der Waals surface area contributed by atoms with Crippen LogP contribution in [0.15, 0.2) is 0 Å². The minimum absolute atomic E-state index is 0.248. The van der Waals surface area contributed by atoms with Crippen molar-refractivity contribution in [1.82, 2.24) is 4.72 Å². The van der Waals surface area contributed by atoms with E-state index in [1.807, 2.05) is 20.8 Å². The van der Waals surface area contributed by atoms with Gasteiger partial charge in [-0.25, -0.2) is 13.1 Å². The summed E-state index contributed by atoms with van der Waals surface area (Å²) in [6, 6.07) is 0. The molecule has 0 bridgehead atoms. The molecule has 0 fully saturated rings. The third-order valence-electron chi connectivity index (χ3n) is 2.74. The summed E-state index contributed by atoms with van der Waals surface area (Å²) < 4.78 is 30.2. The second-order valence-corrected chi connectivity index (χ2v) is 7.94. The van der Waals surface area contributed by atoms with Gasteiger partial charge in [-0.3, -0.25) is 9.59 Å². The van der Waals surface area contributed by atoms with Gasteiger partial charge in [-0.05, 0) is 18.8 Å². The van der Waals surface area contributed by atoms with Crippen molar-refractivity contribution in [2.75, 3.05) is 13.7 Å². The van der Waals surface area contributed by atoms with Gasteiger partial charge in [-0.1, -0.05) is 20.8 Å². The van der Waals surface area contributed by atoms with E-state index in [9.17, 15) is 18.0 Å². The number of rotatable bonds is 7. The number of carboxylic acid groups (broad SMARTS) is 1. The van der Waals surface area contributed by atoms with Crippen LogP contribution in [0.4, 0.5) is 0 Å². The van der Waals surface area contributed by atoms with E-state index in [1.165, 1.54) is 6.92 Å². The van der Waals surface area contributed by atoms with E-state index < -0.39 is 33.1 Å². The van der Waals surface area contributed by atoms with Crippen LogP contribution in [0.2, 0.25) is 0 Å². The van der Waals surface area contributed by atoms with E-state index >= 15 is 0 Å². The molecule has 2 unspecified atom stereocenters. The number of hydrogen-bond donors (Lipinski definition) is 2. The fourth-order valence-corrected chi connectivity index (χ4v) is 2.65. The Bertz CT molecular complexity index is 451. The highest BCUT2D eigenvalue weighted by molar-refractivity contribution is 7.90. The second-order valence-electron chi connectivity index (χ2n) is 5.86. The van der Waals surface area contributed by atoms with Gasteiger partial charge in [-0.15, -0.1) is 0 Å². The second kappa shape index (κ2) is 7.03. The number of carbonyl (C=O) groups excluding carboxylic acids is 1. The quantitative estimate of drug-likeness (QED) is 0.667. The minimum atomic E-state index is -3.94. The molecule has 0 heterocycles. The number of carboxylic acids is 1. The van der Waals surface area contributed by atoms with E-state index in [0.29, 0.717) is 6.42 Å². The van der Waals surface area contributed by atoms with Crippen molar-refractivity contribution in [1.29, 1.82) is 0 Å². The maximum absolute atomic E-state index is 11.8. The Kier molecular flexibility index (Phi) is 6.63. The van der Waals surface area contributed by atoms with E-state index in [-0.39, 0.29) is 12.0 Å². The monoisotopic (exact) mass is 309 g/mol. The molecule has 0 aromatic heterocycles. The zero-order valence-electron chi connectivity index (χ0n) is 12.5. The van der Waals surface area contributed by atoms with Crippen molar-refractivity contribution >= 4 is 22.0 Å². The Labute approximate surface area is 119 Å². The summed E-state index contributed by atoms with van der Waals surface area (Å²) in [6.45, 7) is 6.54. The molecule has 7 nitrogen and oxygen atoms in total. The molecule has 2 N–H and O–H groups in total. The Morgan fingerprint density at radius 3 is 2.15 bits per heavy atom. The first kappa shape index (κ1) is 18.9. The summed E-state index contributed by atoms with van der Waals surface area (Å²) in [5.41, 5.74) is -0.248. The van der Waals surface area contributed by atoms with Crippen LogP contribution in [0.5, 0.6) is 0 Å². The summed E-state index contributed by atoms with van der Waals surface area (Å²) in [4.78, 5) is 22.3. The van der Waals surface area contributed by atoms with Gasteiger partial charge in [0.2, 0.25) is 10.0 Å². The Balaban J connectivity index is 4.79. The maximum atomic E-state index is 11.8. The number of nitrogens with one attached hydrogen (secondary N) is 1. The molecular weight excluding hydrogens is 286 g/mol. The van der Waals surface area contributed by atoms with Gasteiger partial charge in [0.25, 0.3) is 0 Å². The Morgan fingerprint density at radius 2 is 1.80 bits per heavy atom. The summed E-state index contributed by atoms with van der Waals surface area (Å²) in [5, 5.41) is 7.72. The van der Waals surface area contributed by atoms with Crippen LogP contribution in [0.1, 0.15) is 34.1 Å². The van der Waals surface area contributed by atoms with Crippen molar-refractivity contribution in [3.8, 4) is 0 Å². The largest absolute Gasteiger partial charge is 0.481 e. The average Bonchev–Trinajstić information content (AvgIpc) is 2.30. The molecule has 0 aliphatic rings. The van der Waals surface area contributed by atoms with Gasteiger partial charge in [-0.2, -0.15) is 0 Å². The topological polar surface area (TPSA) is 110 Å². The lowest BCUT2D eigenvalue weighted by Gasteiger charge is -2.23. The SMILES string of the molecule is COC(=O)C(C)S(=O)(=O)NCC(CC(C)(C)C)C(=O)O. The highest BCUT2D eigenvalue weighted by Crippen LogP contribution is 2.24. The molecule has 2 atom stereocenters. The standard InChI is InChI=1S/C12H23NO6S/c1-8(11(16)19-5)20(17,18)13-7-9(10(14)15)6-12(2,3)4/h8-9,13H,6-7H2,1-5H3,(H,14,15). The van der Waals surface area contributed by atoms with Crippen LogP contribution < -0.4 is 4.72 Å². The molecule has 0 aliphatic carbocycles. The molecule has 0 aliphatic heterocycles. The van der Waals surface area contributed by atoms with Gasteiger partial charge >= 0.3 is 11.9 Å². The molecule has 0 radical (unpaired) electrons. The number of carbonyl (C=O) groups is 2. The van der Waals surface area contributed by atoms with Crippen LogP contribution in [-0.2, 0) is 24.3 Å². The first-order chi connectivity index (χ1) is 8.90. The van der Waals surface area contributed by atoms with Crippen LogP contribution in [0, 0.1) is 11.3 Å². The molecule has 0 saturated heterocycles. The van der Waals surface area contributed by atoms with E-state index in [1.54, 1.807) is 0 Å². The maximum Gasteiger partial charge on any atom is 0.325 e. The highest BCUT2D eigenvalue weighted by Gasteiger charge is 2.31. The Morgan fingerprint density at radius 1 is 1.30 bits per heavy atom.